The van der Waals surface area contributed by atoms with Gasteiger partial charge in [-0.05, 0) is 42.8 Å². The fourth-order valence-electron chi connectivity index (χ4n) is 4.24. The maximum Gasteiger partial charge on any atom is 0.397 e. The molecule has 3 aromatic carbocycles. The van der Waals surface area contributed by atoms with Gasteiger partial charge in [-0.2, -0.15) is 30.4 Å². The first-order chi connectivity index (χ1) is 21.3. The highest BCUT2D eigenvalue weighted by Crippen LogP contribution is 2.46. The molecule has 1 unspecified atom stereocenters. The minimum absolute atomic E-state index is 0.144. The minimum Gasteiger partial charge on any atom is -0.505 e. The number of hydrogen-bond acceptors (Lipinski definition) is 13. The number of carbonyl (C=O) groups is 1. The van der Waals surface area contributed by atoms with Gasteiger partial charge in [-0.1, -0.05) is 30.4 Å². The van der Waals surface area contributed by atoms with E-state index in [2.05, 4.69) is 19.7 Å². The van der Waals surface area contributed by atoms with E-state index >= 15 is 0 Å². The van der Waals surface area contributed by atoms with E-state index < -0.39 is 96.8 Å². The number of nitrogens with zero attached hydrogens (tertiary/aromatic N) is 2. The van der Waals surface area contributed by atoms with Crippen molar-refractivity contribution < 1.29 is 61.4 Å². The number of phenols is 1. The van der Waals surface area contributed by atoms with E-state index in [1.165, 1.54) is 24.3 Å². The van der Waals surface area contributed by atoms with Crippen LogP contribution in [0.4, 0.5) is 11.4 Å². The lowest BCUT2D eigenvalue weighted by atomic mass is 10.1. The third kappa shape index (κ3) is 8.19. The normalized spacial score (nSPS) is 16.1. The molecule has 1 aliphatic carbocycles. The van der Waals surface area contributed by atoms with Crippen LogP contribution in [-0.2, 0) is 44.7 Å². The van der Waals surface area contributed by atoms with Crippen LogP contribution in [0.25, 0.3) is 10.8 Å². The lowest BCUT2D eigenvalue weighted by Crippen LogP contribution is -2.17. The Hall–Kier alpha value is -4.09. The summed E-state index contributed by atoms with van der Waals surface area (Å²) in [6.07, 6.45) is 3.36. The van der Waals surface area contributed by atoms with Crippen molar-refractivity contribution in [3.05, 3.63) is 77.2 Å². The molecule has 0 saturated heterocycles. The Bertz CT molecular complexity index is 2250. The zero-order valence-electron chi connectivity index (χ0n) is 22.9. The van der Waals surface area contributed by atoms with Gasteiger partial charge in [-0.3, -0.25) is 18.5 Å². The van der Waals surface area contributed by atoms with E-state index in [9.17, 15) is 52.7 Å². The zero-order valence-corrected chi connectivity index (χ0v) is 26.2. The first-order valence-electron chi connectivity index (χ1n) is 12.6. The van der Waals surface area contributed by atoms with E-state index in [4.69, 9.17) is 4.55 Å². The quantitative estimate of drug-likeness (QED) is 0.141. The molecule has 0 saturated carbocycles. The molecule has 0 fully saturated rings. The first-order valence-corrected chi connectivity index (χ1v) is 18.5. The van der Waals surface area contributed by atoms with Gasteiger partial charge in [0.05, 0.1) is 34.4 Å². The molecular formula is C25H23N3O14S4. The Balaban J connectivity index is 1.76. The number of amides is 1. The van der Waals surface area contributed by atoms with E-state index in [0.717, 1.165) is 18.2 Å². The average Bonchev–Trinajstić information content (AvgIpc) is 2.95. The molecule has 1 aliphatic rings. The predicted octanol–water partition coefficient (Wildman–Crippen LogP) is 2.82. The Kier molecular flexibility index (Phi) is 9.80. The monoisotopic (exact) mass is 717 g/mol. The summed E-state index contributed by atoms with van der Waals surface area (Å²) in [5.74, 6) is -2.57. The number of sulfone groups is 1. The summed E-state index contributed by atoms with van der Waals surface area (Å²) in [4.78, 5) is 10.6. The molecular weight excluding hydrogens is 695 g/mol. The number of carbonyl (C=O) groups excluding carboxylic acids is 1. The van der Waals surface area contributed by atoms with Crippen molar-refractivity contribution in [2.24, 2.45) is 10.2 Å². The van der Waals surface area contributed by atoms with Gasteiger partial charge in [0.1, 0.15) is 15.5 Å². The van der Waals surface area contributed by atoms with Gasteiger partial charge in [-0.15, -0.1) is 5.11 Å². The maximum absolute atomic E-state index is 12.9. The molecule has 46 heavy (non-hydrogen) atoms. The van der Waals surface area contributed by atoms with Crippen molar-refractivity contribution in [3.8, 4) is 5.75 Å². The number of hydrogen-bond donors (Lipinski definition) is 5. The maximum atomic E-state index is 12.9. The molecule has 17 nitrogen and oxygen atoms in total. The smallest absolute Gasteiger partial charge is 0.397 e. The summed E-state index contributed by atoms with van der Waals surface area (Å²) in [6.45, 7) is -0.859. The minimum atomic E-state index is -5.25. The second-order valence-corrected chi connectivity index (χ2v) is 15.4. The van der Waals surface area contributed by atoms with Crippen LogP contribution in [0.2, 0.25) is 0 Å². The van der Waals surface area contributed by atoms with Crippen molar-refractivity contribution >= 4 is 68.5 Å². The van der Waals surface area contributed by atoms with E-state index in [1.54, 1.807) is 18.2 Å². The summed E-state index contributed by atoms with van der Waals surface area (Å²) in [6, 6.07) is 9.20. The number of phenolic OH excluding ortho intramolecular Hbond substituents is 1. The zero-order chi connectivity index (χ0) is 34.1. The molecule has 5 N–H and O–H groups in total. The SMILES string of the molecule is O=C(Nc1ccc(S(=O)(=O)O)c2cc(S(=O)(=O)O)c(/N=N/C3C=CC(S(=O)(=O)CCOS(=O)(=O)O)=CC3)c(O)c12)c1ccccc1. The standard InChI is InChI=1S/C25H23N3O14S4/c29-24-22-18(20(44(33,34)35)11-10-19(22)26-25(30)15-4-2-1-3-5-15)14-21(45(36,37)38)23(24)28-27-16-6-8-17(9-7-16)43(31,32)13-12-42-46(39,40)41/h1-6,8-11,14,16,29H,7,12-13H2,(H,26,30)(H,33,34,35)(H,36,37,38)(H,39,40,41)/b28-27+. The van der Waals surface area contributed by atoms with Crippen LogP contribution in [0.5, 0.6) is 5.75 Å². The van der Waals surface area contributed by atoms with Crippen LogP contribution in [0.3, 0.4) is 0 Å². The summed E-state index contributed by atoms with van der Waals surface area (Å²) >= 11 is 0. The second kappa shape index (κ2) is 13.0. The molecule has 0 heterocycles. The predicted molar refractivity (Wildman–Crippen MR) is 161 cm³/mol. The van der Waals surface area contributed by atoms with Gasteiger partial charge in [-0.25, -0.2) is 12.6 Å². The number of benzene rings is 3. The Morgan fingerprint density at radius 2 is 1.57 bits per heavy atom. The molecule has 0 bridgehead atoms. The average molecular weight is 718 g/mol. The van der Waals surface area contributed by atoms with Gasteiger partial charge < -0.3 is 10.4 Å². The van der Waals surface area contributed by atoms with Crippen molar-refractivity contribution in [1.29, 1.82) is 0 Å². The van der Waals surface area contributed by atoms with Crippen LogP contribution in [0.15, 0.2) is 91.7 Å². The topological polar surface area (TPSA) is 281 Å². The van der Waals surface area contributed by atoms with E-state index in [0.29, 0.717) is 6.07 Å². The Labute approximate surface area is 262 Å². The van der Waals surface area contributed by atoms with Gasteiger partial charge in [0.15, 0.2) is 15.6 Å². The van der Waals surface area contributed by atoms with Gasteiger partial charge in [0.2, 0.25) is 0 Å². The third-order valence-corrected chi connectivity index (χ3v) is 10.3. The summed E-state index contributed by atoms with van der Waals surface area (Å²) in [5.41, 5.74) is -0.954. The Morgan fingerprint density at radius 3 is 2.13 bits per heavy atom. The summed E-state index contributed by atoms with van der Waals surface area (Å²) < 4.78 is 127. The highest BCUT2D eigenvalue weighted by Gasteiger charge is 2.28. The molecule has 0 aromatic heterocycles. The lowest BCUT2D eigenvalue weighted by Gasteiger charge is -2.16. The van der Waals surface area contributed by atoms with Crippen LogP contribution in [-0.4, -0.2) is 76.7 Å². The number of allylic oxidation sites excluding steroid dienone is 1. The summed E-state index contributed by atoms with van der Waals surface area (Å²) in [7, 11) is -19.2. The van der Waals surface area contributed by atoms with Crippen LogP contribution >= 0.6 is 0 Å². The second-order valence-electron chi connectivity index (χ2n) is 9.43. The number of fused-ring (bicyclic) bond motifs is 1. The van der Waals surface area contributed by atoms with Crippen molar-refractivity contribution in [3.63, 3.8) is 0 Å². The molecule has 0 spiro atoms. The number of aromatic hydroxyl groups is 1. The first kappa shape index (κ1) is 34.8. The molecule has 1 atom stereocenters. The van der Waals surface area contributed by atoms with E-state index in [-0.39, 0.29) is 22.6 Å². The molecule has 4 rings (SSSR count). The molecule has 1 amide bonds. The molecule has 0 aliphatic heterocycles. The van der Waals surface area contributed by atoms with Crippen LogP contribution in [0, 0.1) is 0 Å². The number of rotatable bonds is 11. The van der Waals surface area contributed by atoms with E-state index in [1.807, 2.05) is 0 Å². The van der Waals surface area contributed by atoms with Gasteiger partial charge in [0.25, 0.3) is 26.1 Å². The van der Waals surface area contributed by atoms with Crippen molar-refractivity contribution in [2.75, 3.05) is 17.7 Å². The van der Waals surface area contributed by atoms with Crippen molar-refractivity contribution in [1.82, 2.24) is 0 Å². The fourth-order valence-corrected chi connectivity index (χ4v) is 7.15. The van der Waals surface area contributed by atoms with Gasteiger partial charge in [0, 0.05) is 10.9 Å². The number of anilines is 1. The molecule has 3 aromatic rings. The largest absolute Gasteiger partial charge is 0.505 e. The number of azo groups is 1. The molecule has 0 radical (unpaired) electrons. The summed E-state index contributed by atoms with van der Waals surface area (Å²) in [5, 5.41) is 20.2. The molecule has 246 valence electrons. The Morgan fingerprint density at radius 1 is 0.913 bits per heavy atom. The van der Waals surface area contributed by atoms with Gasteiger partial charge >= 0.3 is 10.4 Å². The number of nitrogens with one attached hydrogen (secondary N) is 1. The third-order valence-electron chi connectivity index (χ3n) is 6.31. The molecule has 21 heteroatoms. The highest BCUT2D eigenvalue weighted by atomic mass is 32.3. The van der Waals surface area contributed by atoms with Crippen LogP contribution < -0.4 is 5.32 Å². The van der Waals surface area contributed by atoms with Crippen LogP contribution in [0.1, 0.15) is 16.8 Å². The fraction of sp³-hybridized carbons (Fsp3) is 0.160. The lowest BCUT2D eigenvalue weighted by molar-refractivity contribution is 0.102. The highest BCUT2D eigenvalue weighted by molar-refractivity contribution is 7.95. The van der Waals surface area contributed by atoms with Crippen molar-refractivity contribution in [2.45, 2.75) is 22.3 Å².